The first-order valence-electron chi connectivity index (χ1n) is 6.15. The average Bonchev–Trinajstić information content (AvgIpc) is 2.25. The zero-order valence-corrected chi connectivity index (χ0v) is 9.90. The van der Waals surface area contributed by atoms with E-state index in [1.54, 1.807) is 0 Å². The quantitative estimate of drug-likeness (QED) is 0.319. The van der Waals surface area contributed by atoms with E-state index in [4.69, 9.17) is 5.11 Å². The summed E-state index contributed by atoms with van der Waals surface area (Å²) in [5, 5.41) is 17.7. The summed E-state index contributed by atoms with van der Waals surface area (Å²) < 4.78 is 0. The summed E-state index contributed by atoms with van der Waals surface area (Å²) in [4.78, 5) is 14.0. The molecule has 0 aliphatic rings. The lowest BCUT2D eigenvalue weighted by atomic mass is 10.1. The van der Waals surface area contributed by atoms with E-state index in [9.17, 15) is 10.1 Å². The van der Waals surface area contributed by atoms with Crippen molar-refractivity contribution in [2.45, 2.75) is 57.8 Å². The minimum atomic E-state index is -0.735. The molecule has 0 aromatic rings. The van der Waals surface area contributed by atoms with Gasteiger partial charge >= 0.3 is 0 Å². The van der Waals surface area contributed by atoms with Crippen LogP contribution in [-0.4, -0.2) is 23.4 Å². The second kappa shape index (κ2) is 12.2. The molecule has 0 unspecified atom stereocenters. The Kier molecular flexibility index (Phi) is 11.6. The summed E-state index contributed by atoms with van der Waals surface area (Å²) in [5.41, 5.74) is 0. The Bertz CT molecular complexity index is 164. The van der Waals surface area contributed by atoms with Crippen LogP contribution in [0.5, 0.6) is 0 Å². The number of hydrogen-bond donors (Lipinski definition) is 1. The standard InChI is InChI=1S/C11H23NO4/c13-10-8-6-4-2-1-3-5-7-9-11-16-12(14)15/h13H,1-11H2. The molecule has 0 amide bonds. The highest BCUT2D eigenvalue weighted by Gasteiger charge is 1.95. The van der Waals surface area contributed by atoms with Gasteiger partial charge in [-0.15, -0.1) is 10.1 Å². The van der Waals surface area contributed by atoms with Crippen molar-refractivity contribution in [2.24, 2.45) is 0 Å². The van der Waals surface area contributed by atoms with Crippen LogP contribution in [-0.2, 0) is 4.84 Å². The van der Waals surface area contributed by atoms with Crippen molar-refractivity contribution in [3.05, 3.63) is 10.1 Å². The maximum absolute atomic E-state index is 9.83. The van der Waals surface area contributed by atoms with Gasteiger partial charge in [0.1, 0.15) is 0 Å². The molecular formula is C11H23NO4. The van der Waals surface area contributed by atoms with Crippen LogP contribution in [0.1, 0.15) is 57.8 Å². The number of nitrogens with zero attached hydrogens (tertiary/aromatic N) is 1. The second-order valence-corrected chi connectivity index (χ2v) is 3.96. The molecule has 0 aromatic heterocycles. The molecule has 0 aliphatic carbocycles. The third kappa shape index (κ3) is 13.2. The highest BCUT2D eigenvalue weighted by atomic mass is 16.9. The van der Waals surface area contributed by atoms with E-state index < -0.39 is 5.09 Å². The number of aliphatic hydroxyl groups is 1. The Balaban J connectivity index is 2.90. The third-order valence-corrected chi connectivity index (χ3v) is 2.50. The SMILES string of the molecule is O=[N+]([O-])OCCCCCCCCCCCO. The third-order valence-electron chi connectivity index (χ3n) is 2.50. The van der Waals surface area contributed by atoms with Gasteiger partial charge in [0.15, 0.2) is 0 Å². The summed E-state index contributed by atoms with van der Waals surface area (Å²) in [6.07, 6.45) is 9.78. The molecule has 0 bridgehead atoms. The van der Waals surface area contributed by atoms with E-state index in [0.29, 0.717) is 6.61 Å². The molecule has 16 heavy (non-hydrogen) atoms. The Morgan fingerprint density at radius 3 is 1.75 bits per heavy atom. The van der Waals surface area contributed by atoms with Gasteiger partial charge in [0.05, 0.1) is 6.61 Å². The lowest BCUT2D eigenvalue weighted by molar-refractivity contribution is -0.757. The van der Waals surface area contributed by atoms with Crippen molar-refractivity contribution in [3.63, 3.8) is 0 Å². The molecule has 0 aromatic carbocycles. The van der Waals surface area contributed by atoms with Crippen LogP contribution in [0.2, 0.25) is 0 Å². The van der Waals surface area contributed by atoms with Crippen molar-refractivity contribution in [2.75, 3.05) is 13.2 Å². The van der Waals surface area contributed by atoms with E-state index in [2.05, 4.69) is 4.84 Å². The van der Waals surface area contributed by atoms with Crippen LogP contribution in [0.4, 0.5) is 0 Å². The van der Waals surface area contributed by atoms with Crippen LogP contribution >= 0.6 is 0 Å². The number of rotatable bonds is 12. The zero-order valence-electron chi connectivity index (χ0n) is 9.90. The monoisotopic (exact) mass is 233 g/mol. The summed E-state index contributed by atoms with van der Waals surface area (Å²) in [6.45, 7) is 0.528. The van der Waals surface area contributed by atoms with Gasteiger partial charge in [-0.1, -0.05) is 44.9 Å². The van der Waals surface area contributed by atoms with Crippen LogP contribution in [0.3, 0.4) is 0 Å². The molecule has 5 heteroatoms. The molecule has 0 radical (unpaired) electrons. The molecule has 0 aliphatic heterocycles. The topological polar surface area (TPSA) is 72.6 Å². The fourth-order valence-electron chi connectivity index (χ4n) is 1.59. The predicted molar refractivity (Wildman–Crippen MR) is 61.6 cm³/mol. The number of unbranched alkanes of at least 4 members (excludes halogenated alkanes) is 8. The predicted octanol–water partition coefficient (Wildman–Crippen LogP) is 2.70. The number of aliphatic hydroxyl groups excluding tert-OH is 1. The Morgan fingerprint density at radius 1 is 0.875 bits per heavy atom. The second-order valence-electron chi connectivity index (χ2n) is 3.96. The Morgan fingerprint density at radius 2 is 1.31 bits per heavy atom. The maximum Gasteiger partial charge on any atom is 0.294 e. The first kappa shape index (κ1) is 15.2. The average molecular weight is 233 g/mol. The molecule has 0 saturated heterocycles. The van der Waals surface area contributed by atoms with Gasteiger partial charge in [-0.2, -0.15) is 0 Å². The van der Waals surface area contributed by atoms with Crippen molar-refractivity contribution >= 4 is 0 Å². The van der Waals surface area contributed by atoms with Crippen molar-refractivity contribution < 1.29 is 15.0 Å². The van der Waals surface area contributed by atoms with E-state index in [-0.39, 0.29) is 6.61 Å². The summed E-state index contributed by atoms with van der Waals surface area (Å²) in [6, 6.07) is 0. The molecule has 0 saturated carbocycles. The minimum absolute atomic E-state index is 0.226. The van der Waals surface area contributed by atoms with Gasteiger partial charge in [0, 0.05) is 6.61 Å². The molecule has 96 valence electrons. The molecular weight excluding hydrogens is 210 g/mol. The Hall–Kier alpha value is -0.840. The van der Waals surface area contributed by atoms with E-state index >= 15 is 0 Å². The van der Waals surface area contributed by atoms with Crippen molar-refractivity contribution in [1.29, 1.82) is 0 Å². The minimum Gasteiger partial charge on any atom is -0.396 e. The van der Waals surface area contributed by atoms with Gasteiger partial charge in [-0.3, -0.25) is 0 Å². The lowest BCUT2D eigenvalue weighted by Crippen LogP contribution is -2.01. The fourth-order valence-corrected chi connectivity index (χ4v) is 1.59. The van der Waals surface area contributed by atoms with Gasteiger partial charge in [0.25, 0.3) is 5.09 Å². The molecule has 0 atom stereocenters. The van der Waals surface area contributed by atoms with Gasteiger partial charge < -0.3 is 9.94 Å². The lowest BCUT2D eigenvalue weighted by Gasteiger charge is -2.01. The number of hydrogen-bond acceptors (Lipinski definition) is 4. The van der Waals surface area contributed by atoms with Crippen LogP contribution in [0, 0.1) is 10.1 Å². The first-order valence-corrected chi connectivity index (χ1v) is 6.15. The molecule has 0 fully saturated rings. The molecule has 1 N–H and O–H groups in total. The summed E-state index contributed by atoms with van der Waals surface area (Å²) >= 11 is 0. The van der Waals surface area contributed by atoms with Crippen LogP contribution in [0.25, 0.3) is 0 Å². The van der Waals surface area contributed by atoms with E-state index in [1.807, 2.05) is 0 Å². The van der Waals surface area contributed by atoms with E-state index in [1.165, 1.54) is 25.7 Å². The molecule has 0 spiro atoms. The fraction of sp³-hybridized carbons (Fsp3) is 1.00. The molecule has 5 nitrogen and oxygen atoms in total. The molecule has 0 heterocycles. The summed E-state index contributed by atoms with van der Waals surface area (Å²) in [7, 11) is 0. The van der Waals surface area contributed by atoms with Crippen LogP contribution in [0.15, 0.2) is 0 Å². The maximum atomic E-state index is 9.83. The Labute approximate surface area is 96.9 Å². The van der Waals surface area contributed by atoms with Gasteiger partial charge in [-0.05, 0) is 12.8 Å². The zero-order chi connectivity index (χ0) is 12.1. The van der Waals surface area contributed by atoms with Crippen molar-refractivity contribution in [1.82, 2.24) is 0 Å². The van der Waals surface area contributed by atoms with Crippen LogP contribution < -0.4 is 0 Å². The highest BCUT2D eigenvalue weighted by Crippen LogP contribution is 2.09. The van der Waals surface area contributed by atoms with E-state index in [0.717, 1.165) is 32.1 Å². The molecule has 0 rings (SSSR count). The first-order chi connectivity index (χ1) is 7.77. The largest absolute Gasteiger partial charge is 0.396 e. The smallest absolute Gasteiger partial charge is 0.294 e. The summed E-state index contributed by atoms with van der Waals surface area (Å²) in [5.74, 6) is 0. The van der Waals surface area contributed by atoms with Crippen molar-refractivity contribution in [3.8, 4) is 0 Å². The van der Waals surface area contributed by atoms with Gasteiger partial charge in [-0.25, -0.2) is 0 Å². The van der Waals surface area contributed by atoms with Gasteiger partial charge in [0.2, 0.25) is 0 Å². The normalized spacial score (nSPS) is 10.3. The highest BCUT2D eigenvalue weighted by molar-refractivity contribution is 4.46.